The van der Waals surface area contributed by atoms with E-state index in [1.54, 1.807) is 6.07 Å². The van der Waals surface area contributed by atoms with E-state index < -0.39 is 15.4 Å². The van der Waals surface area contributed by atoms with Crippen LogP contribution in [0, 0.1) is 0 Å². The maximum absolute atomic E-state index is 12.4. The van der Waals surface area contributed by atoms with Crippen LogP contribution >= 0.6 is 11.6 Å². The second-order valence-corrected chi connectivity index (χ2v) is 9.65. The minimum Gasteiger partial charge on any atom is -0.454 e. The zero-order valence-corrected chi connectivity index (χ0v) is 17.5. The molecular weight excluding hydrogens is 432 g/mol. The number of aromatic nitrogens is 3. The number of H-pyrrole nitrogens is 1. The Kier molecular flexibility index (Phi) is 4.46. The van der Waals surface area contributed by atoms with Gasteiger partial charge in [-0.1, -0.05) is 11.6 Å². The zero-order valence-electron chi connectivity index (χ0n) is 15.9. The smallest absolute Gasteiger partial charge is 0.256 e. The molecule has 1 N–H and O–H groups in total. The fourth-order valence-electron chi connectivity index (χ4n) is 3.70. The molecule has 0 fully saturated rings. The van der Waals surface area contributed by atoms with Gasteiger partial charge in [0.25, 0.3) is 5.56 Å². The third kappa shape index (κ3) is 3.40. The van der Waals surface area contributed by atoms with Gasteiger partial charge in [0.05, 0.1) is 16.8 Å². The van der Waals surface area contributed by atoms with Crippen molar-refractivity contribution in [3.8, 4) is 11.5 Å². The molecule has 0 unspecified atom stereocenters. The molecule has 0 saturated heterocycles. The standard InChI is InChI=1S/C19H17ClN4O5S/c1-30(26,27)19-22-13-2-3-24(8-12(13)18(25)23-19)7-11-4-10-5-15-16(29-9-28-15)6-14(10)21-17(11)20/h4-6H,2-3,7-9H2,1H3,(H,22,23,25). The van der Waals surface area contributed by atoms with E-state index in [4.69, 9.17) is 21.1 Å². The summed E-state index contributed by atoms with van der Waals surface area (Å²) in [6.07, 6.45) is 1.49. The summed E-state index contributed by atoms with van der Waals surface area (Å²) in [5, 5.41) is 0.972. The van der Waals surface area contributed by atoms with Crippen molar-refractivity contribution in [1.29, 1.82) is 0 Å². The first-order valence-electron chi connectivity index (χ1n) is 9.21. The molecule has 0 radical (unpaired) electrons. The molecule has 5 rings (SSSR count). The number of halogens is 1. The van der Waals surface area contributed by atoms with Gasteiger partial charge in [-0.3, -0.25) is 14.7 Å². The Labute approximate surface area is 176 Å². The summed E-state index contributed by atoms with van der Waals surface area (Å²) in [6, 6.07) is 5.63. The van der Waals surface area contributed by atoms with Crippen molar-refractivity contribution < 1.29 is 17.9 Å². The third-order valence-electron chi connectivity index (χ3n) is 5.21. The topological polar surface area (TPSA) is 114 Å². The van der Waals surface area contributed by atoms with Crippen LogP contribution < -0.4 is 15.0 Å². The lowest BCUT2D eigenvalue weighted by atomic mass is 10.1. The van der Waals surface area contributed by atoms with Crippen molar-refractivity contribution in [2.24, 2.45) is 0 Å². The van der Waals surface area contributed by atoms with Gasteiger partial charge in [0.2, 0.25) is 21.8 Å². The molecule has 0 spiro atoms. The molecule has 2 aliphatic rings. The minimum absolute atomic E-state index is 0.184. The number of nitrogens with one attached hydrogen (secondary N) is 1. The summed E-state index contributed by atoms with van der Waals surface area (Å²) in [4.78, 5) is 25.5. The summed E-state index contributed by atoms with van der Waals surface area (Å²) in [6.45, 7) is 1.63. The Morgan fingerprint density at radius 3 is 2.73 bits per heavy atom. The Morgan fingerprint density at radius 2 is 1.97 bits per heavy atom. The molecule has 4 heterocycles. The lowest BCUT2D eigenvalue weighted by molar-refractivity contribution is 0.174. The Balaban J connectivity index is 1.43. The quantitative estimate of drug-likeness (QED) is 0.475. The van der Waals surface area contributed by atoms with Crippen LogP contribution in [0.5, 0.6) is 11.5 Å². The van der Waals surface area contributed by atoms with Gasteiger partial charge >= 0.3 is 0 Å². The number of rotatable bonds is 3. The SMILES string of the molecule is CS(=O)(=O)c1nc2c(c(=O)[nH]1)CN(Cc1cc3cc4c(cc3nc1Cl)OCO4)CC2. The number of fused-ring (bicyclic) bond motifs is 3. The summed E-state index contributed by atoms with van der Waals surface area (Å²) < 4.78 is 34.2. The fourth-order valence-corrected chi connectivity index (χ4v) is 4.46. The highest BCUT2D eigenvalue weighted by atomic mass is 35.5. The molecule has 9 nitrogen and oxygen atoms in total. The first-order valence-corrected chi connectivity index (χ1v) is 11.5. The fraction of sp³-hybridized carbons (Fsp3) is 0.316. The van der Waals surface area contributed by atoms with Crippen LogP contribution in [0.25, 0.3) is 10.9 Å². The molecule has 0 amide bonds. The van der Waals surface area contributed by atoms with Gasteiger partial charge in [-0.05, 0) is 12.1 Å². The van der Waals surface area contributed by atoms with Crippen LogP contribution in [0.2, 0.25) is 5.15 Å². The van der Waals surface area contributed by atoms with Gasteiger partial charge in [0.15, 0.2) is 11.5 Å². The molecule has 1 aromatic carbocycles. The Morgan fingerprint density at radius 1 is 1.20 bits per heavy atom. The monoisotopic (exact) mass is 448 g/mol. The van der Waals surface area contributed by atoms with Gasteiger partial charge in [-0.2, -0.15) is 0 Å². The molecule has 2 aromatic heterocycles. The van der Waals surface area contributed by atoms with E-state index in [0.717, 1.165) is 17.2 Å². The lowest BCUT2D eigenvalue weighted by Crippen LogP contribution is -2.36. The van der Waals surface area contributed by atoms with Crippen LogP contribution in [0.15, 0.2) is 28.2 Å². The molecular formula is C19H17ClN4O5S. The predicted octanol–water partition coefficient (Wildman–Crippen LogP) is 1.66. The van der Waals surface area contributed by atoms with Crippen LogP contribution in [0.4, 0.5) is 0 Å². The number of hydrogen-bond donors (Lipinski definition) is 1. The average Bonchev–Trinajstić information content (AvgIpc) is 3.13. The van der Waals surface area contributed by atoms with E-state index in [1.807, 2.05) is 12.1 Å². The van der Waals surface area contributed by atoms with Crippen LogP contribution in [-0.4, -0.2) is 47.9 Å². The second kappa shape index (κ2) is 6.93. The molecule has 30 heavy (non-hydrogen) atoms. The Hall–Kier alpha value is -2.69. The first-order chi connectivity index (χ1) is 14.3. The maximum atomic E-state index is 12.4. The Bertz CT molecular complexity index is 1360. The second-order valence-electron chi connectivity index (χ2n) is 7.37. The molecule has 2 aliphatic heterocycles. The third-order valence-corrected chi connectivity index (χ3v) is 6.43. The van der Waals surface area contributed by atoms with Gasteiger partial charge in [0.1, 0.15) is 5.15 Å². The maximum Gasteiger partial charge on any atom is 0.256 e. The summed E-state index contributed by atoms with van der Waals surface area (Å²) >= 11 is 6.42. The lowest BCUT2D eigenvalue weighted by Gasteiger charge is -2.27. The van der Waals surface area contributed by atoms with Crippen LogP contribution in [0.3, 0.4) is 0 Å². The van der Waals surface area contributed by atoms with E-state index in [1.165, 1.54) is 0 Å². The van der Waals surface area contributed by atoms with Crippen molar-refractivity contribution in [1.82, 2.24) is 19.9 Å². The number of nitrogens with zero attached hydrogens (tertiary/aromatic N) is 3. The largest absolute Gasteiger partial charge is 0.454 e. The molecule has 0 aliphatic carbocycles. The van der Waals surface area contributed by atoms with Crippen LogP contribution in [0.1, 0.15) is 16.8 Å². The molecule has 3 aromatic rings. The first kappa shape index (κ1) is 19.3. The number of benzene rings is 1. The van der Waals surface area contributed by atoms with Crippen LogP contribution in [-0.2, 0) is 29.3 Å². The summed E-state index contributed by atoms with van der Waals surface area (Å²) in [5.41, 5.74) is 2.10. The minimum atomic E-state index is -3.58. The van der Waals surface area contributed by atoms with Gasteiger partial charge < -0.3 is 9.47 Å². The van der Waals surface area contributed by atoms with Crippen molar-refractivity contribution in [3.05, 3.63) is 50.5 Å². The van der Waals surface area contributed by atoms with Crippen molar-refractivity contribution in [2.45, 2.75) is 24.7 Å². The highest BCUT2D eigenvalue weighted by Crippen LogP contribution is 2.36. The molecule has 0 saturated carbocycles. The summed E-state index contributed by atoms with van der Waals surface area (Å²) in [7, 11) is -3.58. The average molecular weight is 449 g/mol. The van der Waals surface area contributed by atoms with E-state index in [9.17, 15) is 13.2 Å². The number of sulfone groups is 1. The van der Waals surface area contributed by atoms with E-state index in [0.29, 0.717) is 59.5 Å². The van der Waals surface area contributed by atoms with Crippen molar-refractivity contribution in [2.75, 3.05) is 19.6 Å². The van der Waals surface area contributed by atoms with Gasteiger partial charge in [-0.25, -0.2) is 18.4 Å². The molecule has 0 bridgehead atoms. The van der Waals surface area contributed by atoms with Gasteiger partial charge in [0, 0.05) is 49.3 Å². The number of pyridine rings is 1. The van der Waals surface area contributed by atoms with E-state index in [-0.39, 0.29) is 11.9 Å². The number of ether oxygens (including phenoxy) is 2. The zero-order chi connectivity index (χ0) is 21.0. The van der Waals surface area contributed by atoms with Crippen molar-refractivity contribution >= 4 is 32.3 Å². The van der Waals surface area contributed by atoms with Gasteiger partial charge in [-0.15, -0.1) is 0 Å². The molecule has 0 atom stereocenters. The normalized spacial score (nSPS) is 16.1. The molecule has 156 valence electrons. The van der Waals surface area contributed by atoms with E-state index in [2.05, 4.69) is 19.9 Å². The molecule has 11 heteroatoms. The van der Waals surface area contributed by atoms with E-state index >= 15 is 0 Å². The van der Waals surface area contributed by atoms with Crippen molar-refractivity contribution in [3.63, 3.8) is 0 Å². The highest BCUT2D eigenvalue weighted by Gasteiger charge is 2.24. The predicted molar refractivity (Wildman–Crippen MR) is 109 cm³/mol. The number of hydrogen-bond acceptors (Lipinski definition) is 8. The number of aromatic amines is 1. The highest BCUT2D eigenvalue weighted by molar-refractivity contribution is 7.90. The summed E-state index contributed by atoms with van der Waals surface area (Å²) in [5.74, 6) is 1.32.